The first kappa shape index (κ1) is 19.9. The van der Waals surface area contributed by atoms with Gasteiger partial charge in [-0.15, -0.1) is 0 Å². The molecule has 144 valence electrons. The molecule has 3 rings (SSSR count). The van der Waals surface area contributed by atoms with Crippen LogP contribution in [0.4, 0.5) is 5.69 Å². The number of methoxy groups -OCH3 is 1. The summed E-state index contributed by atoms with van der Waals surface area (Å²) >= 11 is 3.31. The van der Waals surface area contributed by atoms with Crippen molar-refractivity contribution in [1.29, 1.82) is 0 Å². The Morgan fingerprint density at radius 3 is 2.44 bits per heavy atom. The second-order valence-corrected chi connectivity index (χ2v) is 9.23. The summed E-state index contributed by atoms with van der Waals surface area (Å²) in [5.41, 5.74) is 0.661. The topological polar surface area (TPSA) is 75.7 Å². The number of carbonyl (C=O) groups is 1. The molecule has 0 aliphatic carbocycles. The third kappa shape index (κ3) is 4.69. The number of halogens is 1. The average Bonchev–Trinajstić information content (AvgIpc) is 2.69. The molecule has 1 amide bonds. The Hall–Kier alpha value is -1.90. The lowest BCUT2D eigenvalue weighted by molar-refractivity contribution is -0.120. The van der Waals surface area contributed by atoms with Crippen LogP contribution < -0.4 is 10.1 Å². The number of sulfonamides is 1. The highest BCUT2D eigenvalue weighted by molar-refractivity contribution is 9.10. The summed E-state index contributed by atoms with van der Waals surface area (Å²) in [6.07, 6.45) is 1.31. The highest BCUT2D eigenvalue weighted by Crippen LogP contribution is 2.26. The maximum absolute atomic E-state index is 12.9. The smallest absolute Gasteiger partial charge is 0.243 e. The molecule has 1 heterocycles. The molecule has 6 nitrogen and oxygen atoms in total. The van der Waals surface area contributed by atoms with E-state index in [2.05, 4.69) is 21.2 Å². The average molecular weight is 453 g/mol. The van der Waals surface area contributed by atoms with Gasteiger partial charge in [-0.3, -0.25) is 4.79 Å². The van der Waals surface area contributed by atoms with Crippen LogP contribution >= 0.6 is 15.9 Å². The number of carbonyl (C=O) groups excluding carboxylic acids is 1. The SMILES string of the molecule is COc1ccc(NC(=O)[C@@H]2CCCN(S(=O)(=O)c3ccc(Br)cc3)C2)cc1. The van der Waals surface area contributed by atoms with Crippen molar-refractivity contribution in [3.8, 4) is 5.75 Å². The highest BCUT2D eigenvalue weighted by Gasteiger charge is 2.33. The van der Waals surface area contributed by atoms with Crippen LogP contribution in [0, 0.1) is 5.92 Å². The van der Waals surface area contributed by atoms with E-state index >= 15 is 0 Å². The van der Waals surface area contributed by atoms with Crippen LogP contribution in [0.5, 0.6) is 5.75 Å². The number of piperidine rings is 1. The van der Waals surface area contributed by atoms with Crippen LogP contribution in [0.25, 0.3) is 0 Å². The minimum absolute atomic E-state index is 0.170. The monoisotopic (exact) mass is 452 g/mol. The molecule has 1 N–H and O–H groups in total. The minimum atomic E-state index is -3.61. The second kappa shape index (κ2) is 8.41. The molecule has 0 unspecified atom stereocenters. The number of ether oxygens (including phenoxy) is 1. The first-order valence-electron chi connectivity index (χ1n) is 8.61. The quantitative estimate of drug-likeness (QED) is 0.752. The Morgan fingerprint density at radius 2 is 1.81 bits per heavy atom. The third-order valence-corrected chi connectivity index (χ3v) is 6.97. The Kier molecular flexibility index (Phi) is 6.18. The molecule has 2 aromatic rings. The Balaban J connectivity index is 1.69. The van der Waals surface area contributed by atoms with Gasteiger partial charge in [0, 0.05) is 23.2 Å². The molecule has 1 aliphatic rings. The molecule has 0 saturated carbocycles. The van der Waals surface area contributed by atoms with E-state index in [1.54, 1.807) is 55.6 Å². The lowest BCUT2D eigenvalue weighted by atomic mass is 9.99. The summed E-state index contributed by atoms with van der Waals surface area (Å²) in [7, 11) is -2.03. The molecule has 1 atom stereocenters. The Bertz CT molecular complexity index is 898. The second-order valence-electron chi connectivity index (χ2n) is 6.37. The van der Waals surface area contributed by atoms with Crippen LogP contribution in [0.1, 0.15) is 12.8 Å². The number of anilines is 1. The van der Waals surface area contributed by atoms with Gasteiger partial charge in [-0.25, -0.2) is 8.42 Å². The van der Waals surface area contributed by atoms with Crippen molar-refractivity contribution in [2.45, 2.75) is 17.7 Å². The fourth-order valence-electron chi connectivity index (χ4n) is 3.05. The number of nitrogens with zero attached hydrogens (tertiary/aromatic N) is 1. The van der Waals surface area contributed by atoms with Crippen molar-refractivity contribution < 1.29 is 17.9 Å². The van der Waals surface area contributed by atoms with Gasteiger partial charge in [0.1, 0.15) is 5.75 Å². The number of hydrogen-bond acceptors (Lipinski definition) is 4. The molecule has 2 aromatic carbocycles. The largest absolute Gasteiger partial charge is 0.497 e. The Morgan fingerprint density at radius 1 is 1.15 bits per heavy atom. The lowest BCUT2D eigenvalue weighted by Crippen LogP contribution is -2.43. The van der Waals surface area contributed by atoms with Crippen molar-refractivity contribution in [3.63, 3.8) is 0 Å². The van der Waals surface area contributed by atoms with E-state index in [9.17, 15) is 13.2 Å². The molecule has 0 spiro atoms. The first-order valence-corrected chi connectivity index (χ1v) is 10.8. The zero-order chi connectivity index (χ0) is 19.4. The van der Waals surface area contributed by atoms with E-state index in [4.69, 9.17) is 4.74 Å². The van der Waals surface area contributed by atoms with Gasteiger partial charge in [-0.1, -0.05) is 15.9 Å². The zero-order valence-corrected chi connectivity index (χ0v) is 17.3. The van der Waals surface area contributed by atoms with Gasteiger partial charge in [0.05, 0.1) is 17.9 Å². The van der Waals surface area contributed by atoms with E-state index in [0.717, 1.165) is 4.47 Å². The van der Waals surface area contributed by atoms with Crippen LogP contribution in [0.3, 0.4) is 0 Å². The maximum atomic E-state index is 12.9. The van der Waals surface area contributed by atoms with E-state index in [0.29, 0.717) is 30.8 Å². The van der Waals surface area contributed by atoms with Gasteiger partial charge in [-0.05, 0) is 61.4 Å². The lowest BCUT2D eigenvalue weighted by Gasteiger charge is -2.31. The molecular formula is C19H21BrN2O4S. The molecule has 27 heavy (non-hydrogen) atoms. The van der Waals surface area contributed by atoms with Crippen molar-refractivity contribution in [2.75, 3.05) is 25.5 Å². The molecule has 8 heteroatoms. The van der Waals surface area contributed by atoms with Gasteiger partial charge in [0.15, 0.2) is 0 Å². The van der Waals surface area contributed by atoms with Crippen LogP contribution in [-0.2, 0) is 14.8 Å². The summed E-state index contributed by atoms with van der Waals surface area (Å²) in [6, 6.07) is 13.6. The summed E-state index contributed by atoms with van der Waals surface area (Å²) in [5.74, 6) is 0.152. The van der Waals surface area contributed by atoms with Gasteiger partial charge in [0.2, 0.25) is 15.9 Å². The predicted octanol–water partition coefficient (Wildman–Crippen LogP) is 3.50. The fraction of sp³-hybridized carbons (Fsp3) is 0.316. The molecular weight excluding hydrogens is 432 g/mol. The predicted molar refractivity (Wildman–Crippen MR) is 107 cm³/mol. The molecule has 1 aliphatic heterocycles. The van der Waals surface area contributed by atoms with E-state index in [-0.39, 0.29) is 23.3 Å². The van der Waals surface area contributed by atoms with Crippen LogP contribution in [-0.4, -0.2) is 38.8 Å². The van der Waals surface area contributed by atoms with E-state index in [1.807, 2.05) is 0 Å². The summed E-state index contributed by atoms with van der Waals surface area (Å²) in [5, 5.41) is 2.86. The molecule has 0 aromatic heterocycles. The highest BCUT2D eigenvalue weighted by atomic mass is 79.9. The fourth-order valence-corrected chi connectivity index (χ4v) is 4.84. The van der Waals surface area contributed by atoms with Crippen LogP contribution in [0.15, 0.2) is 57.9 Å². The number of hydrogen-bond donors (Lipinski definition) is 1. The van der Waals surface area contributed by atoms with Gasteiger partial charge in [-0.2, -0.15) is 4.31 Å². The van der Waals surface area contributed by atoms with Crippen LogP contribution in [0.2, 0.25) is 0 Å². The Labute approximate surface area is 167 Å². The maximum Gasteiger partial charge on any atom is 0.243 e. The van der Waals surface area contributed by atoms with Gasteiger partial charge in [0.25, 0.3) is 0 Å². The summed E-state index contributed by atoms with van der Waals surface area (Å²) in [4.78, 5) is 12.8. The van der Waals surface area contributed by atoms with Crippen molar-refractivity contribution in [2.24, 2.45) is 5.92 Å². The van der Waals surface area contributed by atoms with Crippen molar-refractivity contribution in [1.82, 2.24) is 4.31 Å². The standard InChI is InChI=1S/C19H21BrN2O4S/c1-26-17-8-6-16(7-9-17)21-19(23)14-3-2-12-22(13-14)27(24,25)18-10-4-15(20)5-11-18/h4-11,14H,2-3,12-13H2,1H3,(H,21,23)/t14-/m1/s1. The number of benzene rings is 2. The van der Waals surface area contributed by atoms with Gasteiger partial charge < -0.3 is 10.1 Å². The van der Waals surface area contributed by atoms with Crippen molar-refractivity contribution >= 4 is 37.5 Å². The van der Waals surface area contributed by atoms with E-state index < -0.39 is 10.0 Å². The number of nitrogens with one attached hydrogen (secondary N) is 1. The first-order chi connectivity index (χ1) is 12.9. The zero-order valence-electron chi connectivity index (χ0n) is 14.9. The van der Waals surface area contributed by atoms with Gasteiger partial charge >= 0.3 is 0 Å². The molecule has 0 radical (unpaired) electrons. The number of amides is 1. The van der Waals surface area contributed by atoms with E-state index in [1.165, 1.54) is 4.31 Å². The van der Waals surface area contributed by atoms with Crippen molar-refractivity contribution in [3.05, 3.63) is 53.0 Å². The third-order valence-electron chi connectivity index (χ3n) is 4.56. The molecule has 0 bridgehead atoms. The normalized spacial score (nSPS) is 18.1. The molecule has 1 fully saturated rings. The summed E-state index contributed by atoms with van der Waals surface area (Å²) < 4.78 is 33.0. The summed E-state index contributed by atoms with van der Waals surface area (Å²) in [6.45, 7) is 0.602. The number of rotatable bonds is 5. The molecule has 1 saturated heterocycles. The minimum Gasteiger partial charge on any atom is -0.497 e.